The molecule has 2 aromatic heterocycles. The predicted molar refractivity (Wildman–Crippen MR) is 93.5 cm³/mol. The second kappa shape index (κ2) is 6.43. The molecule has 7 heteroatoms. The number of hydrogen-bond donors (Lipinski definition) is 2. The quantitative estimate of drug-likeness (QED) is 0.813. The number of nitrogens with one attached hydrogen (secondary N) is 2. The summed E-state index contributed by atoms with van der Waals surface area (Å²) in [5, 5.41) is 7.21. The Morgan fingerprint density at radius 1 is 1.39 bits per heavy atom. The lowest BCUT2D eigenvalue weighted by atomic mass is 9.95. The second-order valence-corrected chi connectivity index (χ2v) is 8.74. The van der Waals surface area contributed by atoms with Crippen molar-refractivity contribution < 1.29 is 4.79 Å². The van der Waals surface area contributed by atoms with Crippen molar-refractivity contribution in [2.45, 2.75) is 46.5 Å². The number of aromatic nitrogens is 1. The summed E-state index contributed by atoms with van der Waals surface area (Å²) in [4.78, 5) is 18.2. The van der Waals surface area contributed by atoms with Gasteiger partial charge in [-0.15, -0.1) is 11.3 Å². The van der Waals surface area contributed by atoms with E-state index in [9.17, 15) is 4.79 Å². The van der Waals surface area contributed by atoms with Crippen LogP contribution in [0.2, 0.25) is 5.15 Å². The van der Waals surface area contributed by atoms with Crippen LogP contribution in [0.5, 0.6) is 0 Å². The fourth-order valence-electron chi connectivity index (χ4n) is 3.28. The number of fused-ring (bicyclic) bond motifs is 2. The molecule has 0 aromatic carbocycles. The molecule has 4 nitrogen and oxygen atoms in total. The molecule has 2 bridgehead atoms. The first kappa shape index (κ1) is 15.4. The summed E-state index contributed by atoms with van der Waals surface area (Å²) in [5.41, 5.74) is 0. The lowest BCUT2D eigenvalue weighted by Crippen LogP contribution is -2.42. The highest BCUT2D eigenvalue weighted by Gasteiger charge is 2.39. The van der Waals surface area contributed by atoms with E-state index in [4.69, 9.17) is 11.6 Å². The Balaban J connectivity index is 1.40. The van der Waals surface area contributed by atoms with Crippen LogP contribution in [-0.4, -0.2) is 29.0 Å². The van der Waals surface area contributed by atoms with Gasteiger partial charge in [0.25, 0.3) is 5.91 Å². The molecule has 2 aliphatic rings. The monoisotopic (exact) mass is 365 g/mol. The molecule has 0 spiro atoms. The molecule has 1 amide bonds. The van der Waals surface area contributed by atoms with Crippen molar-refractivity contribution in [2.24, 2.45) is 0 Å². The molecule has 0 radical (unpaired) electrons. The van der Waals surface area contributed by atoms with Gasteiger partial charge in [-0.1, -0.05) is 23.4 Å². The molecule has 0 aliphatic carbocycles. The maximum atomic E-state index is 12.4. The molecular weight excluding hydrogens is 350 g/mol. The van der Waals surface area contributed by atoms with Gasteiger partial charge in [-0.2, -0.15) is 0 Å². The number of pyridine rings is 1. The van der Waals surface area contributed by atoms with E-state index < -0.39 is 0 Å². The molecule has 3 atom stereocenters. The zero-order valence-corrected chi connectivity index (χ0v) is 14.7. The molecule has 2 fully saturated rings. The topological polar surface area (TPSA) is 54.0 Å². The van der Waals surface area contributed by atoms with Crippen LogP contribution in [0.3, 0.4) is 0 Å². The Hall–Kier alpha value is -1.08. The minimum atomic E-state index is 0.0361. The molecule has 3 unspecified atom stereocenters. The van der Waals surface area contributed by atoms with E-state index in [1.54, 1.807) is 18.0 Å². The fraction of sp³-hybridized carbons (Fsp3) is 0.375. The molecule has 2 aliphatic heterocycles. The Bertz CT molecular complexity index is 736. The van der Waals surface area contributed by atoms with E-state index in [0.717, 1.165) is 20.4 Å². The maximum Gasteiger partial charge on any atom is 0.261 e. The van der Waals surface area contributed by atoms with Crippen molar-refractivity contribution in [3.05, 3.63) is 40.5 Å². The molecule has 0 saturated carbocycles. The Labute approximate surface area is 148 Å². The third kappa shape index (κ3) is 3.40. The molecule has 2 saturated heterocycles. The number of nitrogens with zero attached hydrogens (tertiary/aromatic N) is 1. The molecule has 4 rings (SSSR count). The van der Waals surface area contributed by atoms with Gasteiger partial charge in [0, 0.05) is 29.2 Å². The maximum absolute atomic E-state index is 12.4. The highest BCUT2D eigenvalue weighted by molar-refractivity contribution is 8.01. The summed E-state index contributed by atoms with van der Waals surface area (Å²) in [6.07, 6.45) is 5.15. The summed E-state index contributed by atoms with van der Waals surface area (Å²) < 4.78 is 1.07. The number of amides is 1. The summed E-state index contributed by atoms with van der Waals surface area (Å²) in [5.74, 6) is 0.0361. The average molecular weight is 366 g/mol. The van der Waals surface area contributed by atoms with Crippen molar-refractivity contribution >= 4 is 40.6 Å². The summed E-state index contributed by atoms with van der Waals surface area (Å²) >= 11 is 9.01. The van der Waals surface area contributed by atoms with Crippen molar-refractivity contribution in [3.63, 3.8) is 0 Å². The highest BCUT2D eigenvalue weighted by atomic mass is 35.5. The van der Waals surface area contributed by atoms with Crippen LogP contribution in [0.25, 0.3) is 0 Å². The van der Waals surface area contributed by atoms with Gasteiger partial charge in [-0.25, -0.2) is 4.98 Å². The first-order valence-electron chi connectivity index (χ1n) is 7.63. The minimum Gasteiger partial charge on any atom is -0.347 e. The van der Waals surface area contributed by atoms with Crippen LogP contribution in [-0.2, 0) is 0 Å². The van der Waals surface area contributed by atoms with Crippen molar-refractivity contribution in [1.82, 2.24) is 15.6 Å². The van der Waals surface area contributed by atoms with Gasteiger partial charge in [0.15, 0.2) is 0 Å². The average Bonchev–Trinajstić information content (AvgIpc) is 3.23. The lowest BCUT2D eigenvalue weighted by molar-refractivity contribution is 0.0935. The molecule has 120 valence electrons. The summed E-state index contributed by atoms with van der Waals surface area (Å²) in [7, 11) is 0. The van der Waals surface area contributed by atoms with E-state index in [1.807, 2.05) is 24.3 Å². The fourth-order valence-corrected chi connectivity index (χ4v) is 5.56. The van der Waals surface area contributed by atoms with Gasteiger partial charge in [0.2, 0.25) is 0 Å². The van der Waals surface area contributed by atoms with E-state index in [2.05, 4.69) is 15.6 Å². The molecular formula is C16H16ClN3OS2. The number of rotatable bonds is 4. The summed E-state index contributed by atoms with van der Waals surface area (Å²) in [6.45, 7) is 0. The first-order valence-corrected chi connectivity index (χ1v) is 9.64. The van der Waals surface area contributed by atoms with Crippen LogP contribution < -0.4 is 10.6 Å². The smallest absolute Gasteiger partial charge is 0.261 e. The van der Waals surface area contributed by atoms with Gasteiger partial charge in [0.1, 0.15) is 5.15 Å². The van der Waals surface area contributed by atoms with Crippen LogP contribution in [0.15, 0.2) is 39.6 Å². The van der Waals surface area contributed by atoms with E-state index in [1.165, 1.54) is 24.2 Å². The van der Waals surface area contributed by atoms with E-state index >= 15 is 0 Å². The number of thiophene rings is 1. The number of halogens is 1. The lowest BCUT2D eigenvalue weighted by Gasteiger charge is -2.20. The zero-order valence-electron chi connectivity index (χ0n) is 12.3. The van der Waals surface area contributed by atoms with Crippen LogP contribution in [0, 0.1) is 0 Å². The van der Waals surface area contributed by atoms with E-state index in [-0.39, 0.29) is 11.9 Å². The van der Waals surface area contributed by atoms with Crippen LogP contribution >= 0.6 is 34.7 Å². The van der Waals surface area contributed by atoms with Crippen molar-refractivity contribution in [3.8, 4) is 0 Å². The van der Waals surface area contributed by atoms with Crippen molar-refractivity contribution in [2.75, 3.05) is 0 Å². The third-order valence-corrected chi connectivity index (χ3v) is 6.75. The van der Waals surface area contributed by atoms with Gasteiger partial charge in [-0.05, 0) is 43.5 Å². The number of carbonyl (C=O) groups is 1. The SMILES string of the molecule is O=C(NC1CC2CCC1N2)c1ccc(Sc2ccnc(Cl)c2)s1. The van der Waals surface area contributed by atoms with Gasteiger partial charge in [-0.3, -0.25) is 4.79 Å². The summed E-state index contributed by atoms with van der Waals surface area (Å²) in [6, 6.07) is 8.94. The Kier molecular flexibility index (Phi) is 4.32. The normalized spacial score (nSPS) is 25.7. The second-order valence-electron chi connectivity index (χ2n) is 5.90. The standard InChI is InChI=1S/C16H16ClN3OS2/c17-14-8-10(5-6-18-14)22-15-4-3-13(23-15)16(21)20-12-7-9-1-2-11(12)19-9/h3-6,8-9,11-12,19H,1-2,7H2,(H,20,21). The molecule has 4 heterocycles. The van der Waals surface area contributed by atoms with Crippen LogP contribution in [0.1, 0.15) is 28.9 Å². The van der Waals surface area contributed by atoms with Gasteiger partial charge >= 0.3 is 0 Å². The van der Waals surface area contributed by atoms with Crippen LogP contribution in [0.4, 0.5) is 0 Å². The third-order valence-electron chi connectivity index (χ3n) is 4.34. The highest BCUT2D eigenvalue weighted by Crippen LogP contribution is 2.34. The molecule has 2 aromatic rings. The van der Waals surface area contributed by atoms with Gasteiger partial charge in [0.05, 0.1) is 9.09 Å². The van der Waals surface area contributed by atoms with Crippen molar-refractivity contribution in [1.29, 1.82) is 0 Å². The van der Waals surface area contributed by atoms with Gasteiger partial charge < -0.3 is 10.6 Å². The zero-order chi connectivity index (χ0) is 15.8. The number of hydrogen-bond acceptors (Lipinski definition) is 5. The minimum absolute atomic E-state index is 0.0361. The molecule has 23 heavy (non-hydrogen) atoms. The number of carbonyl (C=O) groups excluding carboxylic acids is 1. The molecule has 2 N–H and O–H groups in total. The Morgan fingerprint density at radius 2 is 2.30 bits per heavy atom. The predicted octanol–water partition coefficient (Wildman–Crippen LogP) is 3.57. The van der Waals surface area contributed by atoms with E-state index in [0.29, 0.717) is 17.2 Å². The largest absolute Gasteiger partial charge is 0.347 e. The Morgan fingerprint density at radius 3 is 3.04 bits per heavy atom. The first-order chi connectivity index (χ1) is 11.2.